The molecule has 0 aliphatic rings. The molecular weight excluding hydrogens is 393 g/mol. The lowest BCUT2D eigenvalue weighted by molar-refractivity contribution is 0.281. The highest BCUT2D eigenvalue weighted by Crippen LogP contribution is 2.21. The number of aliphatic hydroxyl groups is 1. The highest BCUT2D eigenvalue weighted by Gasteiger charge is 2.19. The van der Waals surface area contributed by atoms with E-state index >= 15 is 0 Å². The third-order valence-corrected chi connectivity index (χ3v) is 4.94. The minimum Gasteiger partial charge on any atom is -0.394 e. The van der Waals surface area contributed by atoms with Crippen LogP contribution in [0.3, 0.4) is 0 Å². The Bertz CT molecular complexity index is 1130. The van der Waals surface area contributed by atoms with Gasteiger partial charge in [0.15, 0.2) is 11.2 Å². The standard InChI is InChI=1S/C17H19Cl2N5O3/c1-9(8-25)20-16-21-14-13(22(16)2)15(26)24(17(27)23(14)3)7-10-4-5-11(18)6-12(10)19/h4-6,9,25H,7-8H2,1-3H3,(H,20,21)/t9-/m0/s1. The van der Waals surface area contributed by atoms with Crippen molar-refractivity contribution in [3.63, 3.8) is 0 Å². The molecule has 2 heterocycles. The summed E-state index contributed by atoms with van der Waals surface area (Å²) in [5.74, 6) is 0.390. The van der Waals surface area contributed by atoms with Crippen LogP contribution in [0.25, 0.3) is 11.2 Å². The van der Waals surface area contributed by atoms with Gasteiger partial charge in [0.2, 0.25) is 5.95 Å². The van der Waals surface area contributed by atoms with Crippen molar-refractivity contribution in [1.82, 2.24) is 18.7 Å². The predicted octanol–water partition coefficient (Wildman–Crippen LogP) is 1.58. The second-order valence-electron chi connectivity index (χ2n) is 6.36. The zero-order valence-corrected chi connectivity index (χ0v) is 16.5. The Labute approximate surface area is 164 Å². The normalized spacial score (nSPS) is 12.5. The summed E-state index contributed by atoms with van der Waals surface area (Å²) in [5.41, 5.74) is 0.166. The summed E-state index contributed by atoms with van der Waals surface area (Å²) in [6.07, 6.45) is 0. The summed E-state index contributed by atoms with van der Waals surface area (Å²) >= 11 is 12.1. The molecule has 8 nitrogen and oxygen atoms in total. The van der Waals surface area contributed by atoms with Gasteiger partial charge < -0.3 is 15.0 Å². The van der Waals surface area contributed by atoms with Crippen LogP contribution in [0.5, 0.6) is 0 Å². The third-order valence-electron chi connectivity index (χ3n) is 4.35. The van der Waals surface area contributed by atoms with Gasteiger partial charge in [-0.25, -0.2) is 4.79 Å². The van der Waals surface area contributed by atoms with Gasteiger partial charge in [0.25, 0.3) is 5.56 Å². The van der Waals surface area contributed by atoms with Crippen LogP contribution >= 0.6 is 23.2 Å². The fourth-order valence-corrected chi connectivity index (χ4v) is 3.27. The monoisotopic (exact) mass is 411 g/mol. The van der Waals surface area contributed by atoms with Gasteiger partial charge in [0.05, 0.1) is 13.2 Å². The van der Waals surface area contributed by atoms with Gasteiger partial charge >= 0.3 is 5.69 Å². The lowest BCUT2D eigenvalue weighted by Gasteiger charge is -2.11. The molecule has 0 aliphatic carbocycles. The van der Waals surface area contributed by atoms with Crippen molar-refractivity contribution in [2.75, 3.05) is 11.9 Å². The lowest BCUT2D eigenvalue weighted by atomic mass is 10.2. The van der Waals surface area contributed by atoms with Crippen molar-refractivity contribution in [2.45, 2.75) is 19.5 Å². The predicted molar refractivity (Wildman–Crippen MR) is 106 cm³/mol. The highest BCUT2D eigenvalue weighted by atomic mass is 35.5. The summed E-state index contributed by atoms with van der Waals surface area (Å²) in [7, 11) is 3.23. The van der Waals surface area contributed by atoms with E-state index in [1.165, 1.54) is 4.57 Å². The summed E-state index contributed by atoms with van der Waals surface area (Å²) < 4.78 is 4.00. The quantitative estimate of drug-likeness (QED) is 0.664. The molecule has 0 radical (unpaired) electrons. The van der Waals surface area contributed by atoms with Gasteiger partial charge in [0, 0.05) is 30.2 Å². The second-order valence-corrected chi connectivity index (χ2v) is 7.21. The molecule has 0 aliphatic heterocycles. The fraction of sp³-hybridized carbons (Fsp3) is 0.353. The van der Waals surface area contributed by atoms with Crippen molar-refractivity contribution in [2.24, 2.45) is 14.1 Å². The molecule has 0 spiro atoms. The molecule has 27 heavy (non-hydrogen) atoms. The molecule has 0 saturated carbocycles. The minimum atomic E-state index is -0.502. The van der Waals surface area contributed by atoms with Gasteiger partial charge in [-0.1, -0.05) is 29.3 Å². The lowest BCUT2D eigenvalue weighted by Crippen LogP contribution is -2.39. The van der Waals surface area contributed by atoms with Crippen LogP contribution in [-0.2, 0) is 20.6 Å². The maximum Gasteiger partial charge on any atom is 0.332 e. The van der Waals surface area contributed by atoms with Crippen LogP contribution in [0.1, 0.15) is 12.5 Å². The van der Waals surface area contributed by atoms with Crippen LogP contribution in [0.15, 0.2) is 27.8 Å². The Balaban J connectivity index is 2.18. The van der Waals surface area contributed by atoms with Gasteiger partial charge in [0.1, 0.15) is 0 Å². The van der Waals surface area contributed by atoms with E-state index in [4.69, 9.17) is 23.2 Å². The third kappa shape index (κ3) is 3.47. The first kappa shape index (κ1) is 19.5. The molecule has 2 aromatic heterocycles. The second kappa shape index (κ2) is 7.38. The summed E-state index contributed by atoms with van der Waals surface area (Å²) in [6, 6.07) is 4.64. The van der Waals surface area contributed by atoms with E-state index < -0.39 is 11.2 Å². The molecule has 1 atom stereocenters. The van der Waals surface area contributed by atoms with E-state index in [1.54, 1.807) is 43.8 Å². The van der Waals surface area contributed by atoms with E-state index in [9.17, 15) is 14.7 Å². The Morgan fingerprint density at radius 1 is 1.22 bits per heavy atom. The molecule has 10 heteroatoms. The number of hydrogen-bond acceptors (Lipinski definition) is 5. The Hall–Kier alpha value is -2.29. The molecule has 0 fully saturated rings. The van der Waals surface area contributed by atoms with Crippen LogP contribution in [-0.4, -0.2) is 36.4 Å². The first-order valence-corrected chi connectivity index (χ1v) is 8.97. The average Bonchev–Trinajstić information content (AvgIpc) is 2.95. The van der Waals surface area contributed by atoms with E-state index in [1.807, 2.05) is 0 Å². The number of fused-ring (bicyclic) bond motifs is 1. The number of halogens is 2. The van der Waals surface area contributed by atoms with E-state index in [0.717, 1.165) is 4.57 Å². The first-order valence-electron chi connectivity index (χ1n) is 8.22. The molecule has 144 valence electrons. The number of benzene rings is 1. The van der Waals surface area contributed by atoms with Crippen molar-refractivity contribution in [3.05, 3.63) is 54.6 Å². The zero-order valence-electron chi connectivity index (χ0n) is 15.0. The van der Waals surface area contributed by atoms with E-state index in [-0.39, 0.29) is 30.4 Å². The summed E-state index contributed by atoms with van der Waals surface area (Å²) in [5, 5.41) is 13.1. The molecule has 2 N–H and O–H groups in total. The maximum atomic E-state index is 13.0. The number of aromatic nitrogens is 4. The van der Waals surface area contributed by atoms with Gasteiger partial charge in [-0.2, -0.15) is 4.98 Å². The first-order chi connectivity index (χ1) is 12.7. The summed E-state index contributed by atoms with van der Waals surface area (Å²) in [6.45, 7) is 1.69. The zero-order chi connectivity index (χ0) is 19.9. The van der Waals surface area contributed by atoms with Gasteiger partial charge in [-0.3, -0.25) is 13.9 Å². The molecule has 1 aromatic carbocycles. The van der Waals surface area contributed by atoms with Crippen LogP contribution in [0, 0.1) is 0 Å². The fourth-order valence-electron chi connectivity index (χ4n) is 2.80. The van der Waals surface area contributed by atoms with E-state index in [0.29, 0.717) is 21.6 Å². The van der Waals surface area contributed by atoms with E-state index in [2.05, 4.69) is 10.3 Å². The van der Waals surface area contributed by atoms with Crippen molar-refractivity contribution in [1.29, 1.82) is 0 Å². The smallest absolute Gasteiger partial charge is 0.332 e. The Kier molecular flexibility index (Phi) is 5.32. The number of imidazole rings is 1. The summed E-state index contributed by atoms with van der Waals surface area (Å²) in [4.78, 5) is 30.1. The maximum absolute atomic E-state index is 13.0. The minimum absolute atomic E-state index is 0.0123. The number of aliphatic hydroxyl groups excluding tert-OH is 1. The molecule has 3 rings (SSSR count). The van der Waals surface area contributed by atoms with Crippen LogP contribution < -0.4 is 16.6 Å². The Morgan fingerprint density at radius 3 is 2.56 bits per heavy atom. The molecular formula is C17H19Cl2N5O3. The SMILES string of the molecule is C[C@@H](CO)Nc1nc2c(c(=O)n(Cc3ccc(Cl)cc3Cl)c(=O)n2C)n1C. The van der Waals surface area contributed by atoms with Crippen molar-refractivity contribution >= 4 is 40.3 Å². The molecule has 0 unspecified atom stereocenters. The van der Waals surface area contributed by atoms with Gasteiger partial charge in [-0.15, -0.1) is 0 Å². The van der Waals surface area contributed by atoms with Crippen LogP contribution in [0.4, 0.5) is 5.95 Å². The number of nitrogens with zero attached hydrogens (tertiary/aromatic N) is 4. The molecule has 0 saturated heterocycles. The molecule has 0 amide bonds. The van der Waals surface area contributed by atoms with Crippen molar-refractivity contribution in [3.8, 4) is 0 Å². The van der Waals surface area contributed by atoms with Crippen molar-refractivity contribution < 1.29 is 5.11 Å². The number of anilines is 1. The largest absolute Gasteiger partial charge is 0.394 e. The highest BCUT2D eigenvalue weighted by molar-refractivity contribution is 6.35. The number of aryl methyl sites for hydroxylation is 2. The van der Waals surface area contributed by atoms with Crippen LogP contribution in [0.2, 0.25) is 10.0 Å². The Morgan fingerprint density at radius 2 is 1.93 bits per heavy atom. The molecule has 3 aromatic rings. The topological polar surface area (TPSA) is 94.1 Å². The number of nitrogens with one attached hydrogen (secondary N) is 1. The number of rotatable bonds is 5. The number of hydrogen-bond donors (Lipinski definition) is 2. The van der Waals surface area contributed by atoms with Gasteiger partial charge in [-0.05, 0) is 24.6 Å². The molecule has 0 bridgehead atoms. The average molecular weight is 412 g/mol.